The van der Waals surface area contributed by atoms with Crippen LogP contribution in [-0.4, -0.2) is 49.5 Å². The zero-order valence-corrected chi connectivity index (χ0v) is 12.9. The number of aliphatic hydroxyl groups is 1. The first-order valence-electron chi connectivity index (χ1n) is 7.30. The molecule has 0 aliphatic carbocycles. The molecule has 0 radical (unpaired) electrons. The molecule has 0 aromatic heterocycles. The van der Waals surface area contributed by atoms with Gasteiger partial charge < -0.3 is 15.6 Å². The van der Waals surface area contributed by atoms with Crippen LogP contribution in [0.4, 0.5) is 0 Å². The Bertz CT molecular complexity index is 367. The molecule has 20 heavy (non-hydrogen) atoms. The molecule has 2 atom stereocenters. The molecule has 0 heterocycles. The first-order chi connectivity index (χ1) is 9.63. The standard InChI is InChI=1S/C16H28N2O2/c1-4-15(17)16(14-7-5-13(2)6-8-14)18(9-11-19)10-12-20-3/h5-8,15-16,19H,4,9-12,17H2,1-3H3. The second-order valence-electron chi connectivity index (χ2n) is 5.18. The summed E-state index contributed by atoms with van der Waals surface area (Å²) in [6.07, 6.45) is 0.896. The van der Waals surface area contributed by atoms with Crippen molar-refractivity contribution in [2.24, 2.45) is 5.73 Å². The van der Waals surface area contributed by atoms with E-state index in [1.165, 1.54) is 11.1 Å². The van der Waals surface area contributed by atoms with Crippen LogP contribution in [0.15, 0.2) is 24.3 Å². The number of benzene rings is 1. The SMILES string of the molecule is CCC(N)C(c1ccc(C)cc1)N(CCO)CCOC. The highest BCUT2D eigenvalue weighted by Crippen LogP contribution is 2.25. The normalized spacial score (nSPS) is 14.5. The molecule has 2 unspecified atom stereocenters. The number of hydrogen-bond donors (Lipinski definition) is 2. The average molecular weight is 280 g/mol. The smallest absolute Gasteiger partial charge is 0.0589 e. The average Bonchev–Trinajstić information content (AvgIpc) is 2.46. The predicted octanol–water partition coefficient (Wildman–Crippen LogP) is 1.71. The number of methoxy groups -OCH3 is 1. The van der Waals surface area contributed by atoms with Crippen LogP contribution in [0, 0.1) is 6.92 Å². The third-order valence-corrected chi connectivity index (χ3v) is 3.66. The quantitative estimate of drug-likeness (QED) is 0.723. The number of nitrogens with zero attached hydrogens (tertiary/aromatic N) is 1. The highest BCUT2D eigenvalue weighted by atomic mass is 16.5. The van der Waals surface area contributed by atoms with Crippen LogP contribution < -0.4 is 5.73 Å². The Morgan fingerprint density at radius 3 is 2.40 bits per heavy atom. The molecule has 0 amide bonds. The lowest BCUT2D eigenvalue weighted by atomic mass is 9.95. The molecular weight excluding hydrogens is 252 g/mol. The van der Waals surface area contributed by atoms with Crippen molar-refractivity contribution in [2.75, 3.05) is 33.4 Å². The van der Waals surface area contributed by atoms with E-state index in [0.717, 1.165) is 13.0 Å². The second-order valence-corrected chi connectivity index (χ2v) is 5.18. The van der Waals surface area contributed by atoms with E-state index in [4.69, 9.17) is 10.5 Å². The molecular formula is C16H28N2O2. The fourth-order valence-corrected chi connectivity index (χ4v) is 2.44. The van der Waals surface area contributed by atoms with Crippen molar-refractivity contribution in [3.63, 3.8) is 0 Å². The molecule has 0 fully saturated rings. The van der Waals surface area contributed by atoms with Crippen LogP contribution >= 0.6 is 0 Å². The van der Waals surface area contributed by atoms with Gasteiger partial charge in [-0.05, 0) is 18.9 Å². The van der Waals surface area contributed by atoms with Crippen LogP contribution in [-0.2, 0) is 4.74 Å². The van der Waals surface area contributed by atoms with Gasteiger partial charge in [-0.3, -0.25) is 4.90 Å². The molecule has 0 saturated carbocycles. The molecule has 114 valence electrons. The van der Waals surface area contributed by atoms with Gasteiger partial charge in [0.25, 0.3) is 0 Å². The van der Waals surface area contributed by atoms with E-state index < -0.39 is 0 Å². The maximum absolute atomic E-state index is 9.31. The summed E-state index contributed by atoms with van der Waals surface area (Å²) in [5, 5.41) is 9.31. The summed E-state index contributed by atoms with van der Waals surface area (Å²) in [7, 11) is 1.69. The lowest BCUT2D eigenvalue weighted by molar-refractivity contribution is 0.0899. The van der Waals surface area contributed by atoms with Crippen LogP contribution in [0.1, 0.15) is 30.5 Å². The van der Waals surface area contributed by atoms with Crippen LogP contribution in [0.2, 0.25) is 0 Å². The molecule has 0 aliphatic rings. The summed E-state index contributed by atoms with van der Waals surface area (Å²) in [4.78, 5) is 2.21. The van der Waals surface area contributed by atoms with Gasteiger partial charge in [-0.15, -0.1) is 0 Å². The Morgan fingerprint density at radius 1 is 1.25 bits per heavy atom. The summed E-state index contributed by atoms with van der Waals surface area (Å²) in [6.45, 7) is 6.31. The minimum atomic E-state index is 0.0427. The van der Waals surface area contributed by atoms with Crippen molar-refractivity contribution >= 4 is 0 Å². The van der Waals surface area contributed by atoms with Crippen molar-refractivity contribution in [1.29, 1.82) is 0 Å². The van der Waals surface area contributed by atoms with Gasteiger partial charge in [-0.1, -0.05) is 36.8 Å². The van der Waals surface area contributed by atoms with Gasteiger partial charge in [0.1, 0.15) is 0 Å². The molecule has 1 aromatic carbocycles. The largest absolute Gasteiger partial charge is 0.395 e. The Kier molecular flexibility index (Phi) is 7.77. The topological polar surface area (TPSA) is 58.7 Å². The monoisotopic (exact) mass is 280 g/mol. The van der Waals surface area contributed by atoms with E-state index in [2.05, 4.69) is 43.0 Å². The molecule has 1 rings (SSSR count). The number of hydrogen-bond acceptors (Lipinski definition) is 4. The first kappa shape index (κ1) is 17.1. The van der Waals surface area contributed by atoms with Gasteiger partial charge in [-0.2, -0.15) is 0 Å². The van der Waals surface area contributed by atoms with Crippen molar-refractivity contribution in [3.8, 4) is 0 Å². The fraction of sp³-hybridized carbons (Fsp3) is 0.625. The Morgan fingerprint density at radius 2 is 1.90 bits per heavy atom. The van der Waals surface area contributed by atoms with Gasteiger partial charge in [0.15, 0.2) is 0 Å². The highest BCUT2D eigenvalue weighted by Gasteiger charge is 2.25. The summed E-state index contributed by atoms with van der Waals surface area (Å²) < 4.78 is 5.17. The molecule has 1 aromatic rings. The number of aryl methyl sites for hydroxylation is 1. The summed E-state index contributed by atoms with van der Waals surface area (Å²) in [5.74, 6) is 0. The summed E-state index contributed by atoms with van der Waals surface area (Å²) >= 11 is 0. The van der Waals surface area contributed by atoms with E-state index in [1.54, 1.807) is 7.11 Å². The van der Waals surface area contributed by atoms with Crippen LogP contribution in [0.5, 0.6) is 0 Å². The van der Waals surface area contributed by atoms with Gasteiger partial charge in [-0.25, -0.2) is 0 Å². The first-order valence-corrected chi connectivity index (χ1v) is 7.30. The van der Waals surface area contributed by atoms with Gasteiger partial charge in [0.05, 0.1) is 19.3 Å². The van der Waals surface area contributed by atoms with Crippen molar-refractivity contribution < 1.29 is 9.84 Å². The Labute approximate surface area is 122 Å². The maximum atomic E-state index is 9.31. The van der Waals surface area contributed by atoms with E-state index >= 15 is 0 Å². The van der Waals surface area contributed by atoms with E-state index in [1.807, 2.05) is 0 Å². The van der Waals surface area contributed by atoms with Gasteiger partial charge in [0, 0.05) is 26.2 Å². The number of nitrogens with two attached hydrogens (primary N) is 1. The summed E-state index contributed by atoms with van der Waals surface area (Å²) in [5.41, 5.74) is 8.77. The third kappa shape index (κ3) is 4.87. The van der Waals surface area contributed by atoms with Gasteiger partial charge in [0.2, 0.25) is 0 Å². The highest BCUT2D eigenvalue weighted by molar-refractivity contribution is 5.25. The zero-order valence-electron chi connectivity index (χ0n) is 12.9. The van der Waals surface area contributed by atoms with Gasteiger partial charge >= 0.3 is 0 Å². The number of rotatable bonds is 9. The minimum absolute atomic E-state index is 0.0427. The molecule has 0 saturated heterocycles. The predicted molar refractivity (Wildman–Crippen MR) is 82.7 cm³/mol. The van der Waals surface area contributed by atoms with Crippen molar-refractivity contribution in [2.45, 2.75) is 32.4 Å². The molecule has 0 spiro atoms. The van der Waals surface area contributed by atoms with Crippen molar-refractivity contribution in [1.82, 2.24) is 4.90 Å². The number of ether oxygens (including phenoxy) is 1. The van der Waals surface area contributed by atoms with E-state index in [-0.39, 0.29) is 18.7 Å². The molecule has 0 bridgehead atoms. The zero-order chi connectivity index (χ0) is 15.0. The van der Waals surface area contributed by atoms with Crippen LogP contribution in [0.3, 0.4) is 0 Å². The molecule has 3 N–H and O–H groups in total. The molecule has 4 heteroatoms. The number of aliphatic hydroxyl groups excluding tert-OH is 1. The lowest BCUT2D eigenvalue weighted by Gasteiger charge is -2.35. The Hall–Kier alpha value is -0.940. The fourth-order valence-electron chi connectivity index (χ4n) is 2.44. The van der Waals surface area contributed by atoms with Crippen LogP contribution in [0.25, 0.3) is 0 Å². The minimum Gasteiger partial charge on any atom is -0.395 e. The summed E-state index contributed by atoms with van der Waals surface area (Å²) in [6, 6.07) is 8.64. The van der Waals surface area contributed by atoms with Crippen molar-refractivity contribution in [3.05, 3.63) is 35.4 Å². The van der Waals surface area contributed by atoms with E-state index in [9.17, 15) is 5.11 Å². The second kappa shape index (κ2) is 9.08. The molecule has 0 aliphatic heterocycles. The third-order valence-electron chi connectivity index (χ3n) is 3.66. The Balaban J connectivity index is 2.98. The molecule has 4 nitrogen and oxygen atoms in total. The van der Waals surface area contributed by atoms with E-state index in [0.29, 0.717) is 13.2 Å². The lowest BCUT2D eigenvalue weighted by Crippen LogP contribution is -2.43. The maximum Gasteiger partial charge on any atom is 0.0589 e.